The maximum absolute atomic E-state index is 8.59. The smallest absolute Gasteiger partial charge is 0.0994 e. The Hall–Kier alpha value is -2.08. The molecule has 1 heterocycles. The van der Waals surface area contributed by atoms with E-state index >= 15 is 0 Å². The van der Waals surface area contributed by atoms with Gasteiger partial charge in [0.25, 0.3) is 0 Å². The molecule has 0 aliphatic heterocycles. The first-order chi connectivity index (χ1) is 7.81. The molecule has 0 spiro atoms. The molecule has 0 bridgehead atoms. The summed E-state index contributed by atoms with van der Waals surface area (Å²) in [7, 11) is 0. The predicted octanol–water partition coefficient (Wildman–Crippen LogP) is 2.64. The highest BCUT2D eigenvalue weighted by Gasteiger charge is 2.03. The molecule has 0 saturated heterocycles. The van der Waals surface area contributed by atoms with Gasteiger partial charge in [-0.05, 0) is 24.6 Å². The van der Waals surface area contributed by atoms with Gasteiger partial charge in [0.1, 0.15) is 0 Å². The Morgan fingerprint density at radius 2 is 2.31 bits per heavy atom. The monoisotopic (exact) mass is 211 g/mol. The predicted molar refractivity (Wildman–Crippen MR) is 62.2 cm³/mol. The molecule has 16 heavy (non-hydrogen) atoms. The minimum Gasteiger partial charge on any atom is -0.303 e. The molecule has 0 atom stereocenters. The molecule has 3 heteroatoms. The van der Waals surface area contributed by atoms with E-state index in [2.05, 4.69) is 30.1 Å². The molecule has 0 radical (unpaired) electrons. The Morgan fingerprint density at radius 3 is 3.06 bits per heavy atom. The standard InChI is InChI=1S/C13H13N3/c1-11-4-2-5-12(8-11)16-10-15-9-13(16)6-3-7-14/h2,4-5,8-10H,3,6H2,1H3. The van der Waals surface area contributed by atoms with Gasteiger partial charge in [-0.3, -0.25) is 0 Å². The molecule has 2 rings (SSSR count). The SMILES string of the molecule is Cc1cccc(-n2cncc2CCC#N)c1. The van der Waals surface area contributed by atoms with Gasteiger partial charge in [0.15, 0.2) is 0 Å². The minimum absolute atomic E-state index is 0.525. The highest BCUT2D eigenvalue weighted by atomic mass is 15.0. The second kappa shape index (κ2) is 4.63. The zero-order valence-electron chi connectivity index (χ0n) is 9.22. The normalized spacial score (nSPS) is 10.0. The van der Waals surface area contributed by atoms with Gasteiger partial charge in [0.05, 0.1) is 12.4 Å². The minimum atomic E-state index is 0.525. The van der Waals surface area contributed by atoms with Crippen LogP contribution in [0.1, 0.15) is 17.7 Å². The quantitative estimate of drug-likeness (QED) is 0.783. The van der Waals surface area contributed by atoms with Crippen LogP contribution >= 0.6 is 0 Å². The number of nitriles is 1. The number of imidazole rings is 1. The van der Waals surface area contributed by atoms with Crippen molar-refractivity contribution >= 4 is 0 Å². The number of benzene rings is 1. The van der Waals surface area contributed by atoms with Gasteiger partial charge >= 0.3 is 0 Å². The first kappa shape index (κ1) is 10.4. The number of rotatable bonds is 3. The molecule has 3 nitrogen and oxygen atoms in total. The summed E-state index contributed by atoms with van der Waals surface area (Å²) in [5.74, 6) is 0. The summed E-state index contributed by atoms with van der Waals surface area (Å²) >= 11 is 0. The fourth-order valence-corrected chi connectivity index (χ4v) is 1.70. The van der Waals surface area contributed by atoms with Crippen LogP contribution in [-0.2, 0) is 6.42 Å². The summed E-state index contributed by atoms with van der Waals surface area (Å²) in [6, 6.07) is 10.4. The zero-order valence-corrected chi connectivity index (χ0v) is 9.22. The van der Waals surface area contributed by atoms with E-state index in [4.69, 9.17) is 5.26 Å². The molecule has 1 aromatic carbocycles. The molecule has 0 amide bonds. The van der Waals surface area contributed by atoms with Crippen molar-refractivity contribution < 1.29 is 0 Å². The van der Waals surface area contributed by atoms with Gasteiger partial charge < -0.3 is 4.57 Å². The molecular formula is C13H13N3. The lowest BCUT2D eigenvalue weighted by Gasteiger charge is -2.07. The molecule has 0 saturated carbocycles. The lowest BCUT2D eigenvalue weighted by molar-refractivity contribution is 0.888. The fourth-order valence-electron chi connectivity index (χ4n) is 1.70. The van der Waals surface area contributed by atoms with Crippen LogP contribution in [0.4, 0.5) is 0 Å². The largest absolute Gasteiger partial charge is 0.303 e. The lowest BCUT2D eigenvalue weighted by Crippen LogP contribution is -1.98. The second-order valence-corrected chi connectivity index (χ2v) is 3.75. The molecule has 0 fully saturated rings. The van der Waals surface area contributed by atoms with Gasteiger partial charge in [-0.1, -0.05) is 12.1 Å². The Bertz CT molecular complexity index is 520. The Kier molecular flexibility index (Phi) is 3.02. The summed E-state index contributed by atoms with van der Waals surface area (Å²) in [4.78, 5) is 4.13. The van der Waals surface area contributed by atoms with Crippen LogP contribution in [0.25, 0.3) is 5.69 Å². The summed E-state index contributed by atoms with van der Waals surface area (Å²) in [6.07, 6.45) is 4.88. The van der Waals surface area contributed by atoms with Crippen LogP contribution in [-0.4, -0.2) is 9.55 Å². The maximum Gasteiger partial charge on any atom is 0.0994 e. The first-order valence-electron chi connectivity index (χ1n) is 5.26. The maximum atomic E-state index is 8.59. The van der Waals surface area contributed by atoms with Crippen molar-refractivity contribution in [1.29, 1.82) is 5.26 Å². The molecule has 80 valence electrons. The molecular weight excluding hydrogens is 198 g/mol. The third-order valence-electron chi connectivity index (χ3n) is 2.49. The van der Waals surface area contributed by atoms with Crippen LogP contribution in [0.2, 0.25) is 0 Å². The first-order valence-corrected chi connectivity index (χ1v) is 5.26. The van der Waals surface area contributed by atoms with E-state index in [9.17, 15) is 0 Å². The average molecular weight is 211 g/mol. The van der Waals surface area contributed by atoms with Crippen LogP contribution < -0.4 is 0 Å². The van der Waals surface area contributed by atoms with E-state index in [-0.39, 0.29) is 0 Å². The summed E-state index contributed by atoms with van der Waals surface area (Å²) in [5, 5.41) is 8.59. The van der Waals surface area contributed by atoms with E-state index < -0.39 is 0 Å². The Balaban J connectivity index is 2.34. The van der Waals surface area contributed by atoms with Crippen molar-refractivity contribution in [3.63, 3.8) is 0 Å². The number of aryl methyl sites for hydroxylation is 2. The molecule has 0 unspecified atom stereocenters. The second-order valence-electron chi connectivity index (χ2n) is 3.75. The number of hydrogen-bond acceptors (Lipinski definition) is 2. The number of aromatic nitrogens is 2. The van der Waals surface area contributed by atoms with E-state index in [1.807, 2.05) is 22.9 Å². The zero-order chi connectivity index (χ0) is 11.4. The van der Waals surface area contributed by atoms with Crippen molar-refractivity contribution in [2.45, 2.75) is 19.8 Å². The van der Waals surface area contributed by atoms with E-state index in [1.165, 1.54) is 5.56 Å². The van der Waals surface area contributed by atoms with Crippen molar-refractivity contribution in [2.24, 2.45) is 0 Å². The van der Waals surface area contributed by atoms with Crippen LogP contribution in [0.3, 0.4) is 0 Å². The van der Waals surface area contributed by atoms with Gasteiger partial charge in [0, 0.05) is 30.4 Å². The van der Waals surface area contributed by atoms with Gasteiger partial charge in [0.2, 0.25) is 0 Å². The van der Waals surface area contributed by atoms with E-state index in [1.54, 1.807) is 6.33 Å². The van der Waals surface area contributed by atoms with E-state index in [0.717, 1.165) is 17.8 Å². The molecule has 1 aromatic heterocycles. The van der Waals surface area contributed by atoms with Crippen LogP contribution in [0.15, 0.2) is 36.8 Å². The third-order valence-corrected chi connectivity index (χ3v) is 2.49. The van der Waals surface area contributed by atoms with Gasteiger partial charge in [-0.15, -0.1) is 0 Å². The van der Waals surface area contributed by atoms with Crippen molar-refractivity contribution in [3.8, 4) is 11.8 Å². The highest BCUT2D eigenvalue weighted by Crippen LogP contribution is 2.13. The van der Waals surface area contributed by atoms with Crippen LogP contribution in [0, 0.1) is 18.3 Å². The number of hydrogen-bond donors (Lipinski definition) is 0. The Labute approximate surface area is 95.0 Å². The molecule has 0 aliphatic carbocycles. The molecule has 0 N–H and O–H groups in total. The van der Waals surface area contributed by atoms with E-state index in [0.29, 0.717) is 6.42 Å². The number of nitrogens with zero attached hydrogens (tertiary/aromatic N) is 3. The third kappa shape index (κ3) is 2.12. The Morgan fingerprint density at radius 1 is 1.44 bits per heavy atom. The molecule has 2 aromatic rings. The topological polar surface area (TPSA) is 41.6 Å². The fraction of sp³-hybridized carbons (Fsp3) is 0.231. The van der Waals surface area contributed by atoms with Crippen molar-refractivity contribution in [2.75, 3.05) is 0 Å². The molecule has 0 aliphatic rings. The van der Waals surface area contributed by atoms with Gasteiger partial charge in [-0.2, -0.15) is 5.26 Å². The van der Waals surface area contributed by atoms with Crippen molar-refractivity contribution in [1.82, 2.24) is 9.55 Å². The lowest BCUT2D eigenvalue weighted by atomic mass is 10.2. The van der Waals surface area contributed by atoms with Crippen LogP contribution in [0.5, 0.6) is 0 Å². The summed E-state index contributed by atoms with van der Waals surface area (Å²) in [6.45, 7) is 2.06. The average Bonchev–Trinajstić information content (AvgIpc) is 2.74. The van der Waals surface area contributed by atoms with Crippen molar-refractivity contribution in [3.05, 3.63) is 48.0 Å². The summed E-state index contributed by atoms with van der Waals surface area (Å²) < 4.78 is 2.03. The van der Waals surface area contributed by atoms with Gasteiger partial charge in [-0.25, -0.2) is 4.98 Å². The summed E-state index contributed by atoms with van der Waals surface area (Å²) in [5.41, 5.74) is 3.40. The highest BCUT2D eigenvalue weighted by molar-refractivity contribution is 5.36.